The quantitative estimate of drug-likeness (QED) is 0.163. The van der Waals surface area contributed by atoms with Crippen LogP contribution in [-0.2, 0) is 21.7 Å². The van der Waals surface area contributed by atoms with E-state index in [1.165, 1.54) is 22.3 Å². The molecule has 0 spiro atoms. The molecule has 0 aromatic heterocycles. The van der Waals surface area contributed by atoms with E-state index in [4.69, 9.17) is 20.0 Å². The van der Waals surface area contributed by atoms with Gasteiger partial charge in [-0.25, -0.2) is 20.0 Å². The Hall–Kier alpha value is -5.76. The van der Waals surface area contributed by atoms with Crippen molar-refractivity contribution < 1.29 is 0 Å². The first-order chi connectivity index (χ1) is 26.2. The average Bonchev–Trinajstić information content (AvgIpc) is 3.68. The minimum Gasteiger partial charge on any atom is -0.337 e. The van der Waals surface area contributed by atoms with Crippen LogP contribution in [0.5, 0.6) is 0 Å². The van der Waals surface area contributed by atoms with Crippen molar-refractivity contribution in [2.45, 2.75) is 105 Å². The predicted octanol–water partition coefficient (Wildman–Crippen LogP) is 11.9. The fourth-order valence-corrected chi connectivity index (χ4v) is 6.13. The number of nitrogens with one attached hydrogen (secondary N) is 4. The van der Waals surface area contributed by atoms with E-state index in [1.807, 2.05) is 12.2 Å². The highest BCUT2D eigenvalue weighted by molar-refractivity contribution is 6.50. The molecular weight excluding hydrogens is 689 g/mol. The highest BCUT2D eigenvalue weighted by Crippen LogP contribution is 2.28. The number of rotatable bonds is 5. The molecule has 0 bridgehead atoms. The van der Waals surface area contributed by atoms with E-state index in [1.54, 1.807) is 0 Å². The molecule has 2 heterocycles. The molecule has 0 fully saturated rings. The maximum Gasteiger partial charge on any atom is 0.176 e. The fraction of sp³-hybridized carbons (Fsp3) is 0.333. The minimum absolute atomic E-state index is 0.0595. The molecule has 4 aromatic carbocycles. The smallest absolute Gasteiger partial charge is 0.176 e. The lowest BCUT2D eigenvalue weighted by Crippen LogP contribution is -2.27. The number of benzene rings is 4. The Labute approximate surface area is 334 Å². The van der Waals surface area contributed by atoms with Crippen LogP contribution in [0.15, 0.2) is 141 Å². The second kappa shape index (κ2) is 15.4. The van der Waals surface area contributed by atoms with Crippen molar-refractivity contribution in [2.24, 2.45) is 20.0 Å². The van der Waals surface area contributed by atoms with Crippen molar-refractivity contribution in [1.29, 1.82) is 0 Å². The Kier molecular flexibility index (Phi) is 11.0. The maximum atomic E-state index is 4.91. The second-order valence-electron chi connectivity index (χ2n) is 18.7. The van der Waals surface area contributed by atoms with Crippen LogP contribution in [0.3, 0.4) is 0 Å². The van der Waals surface area contributed by atoms with Crippen LogP contribution in [0.1, 0.15) is 105 Å². The topological polar surface area (TPSA) is 97.6 Å². The maximum absolute atomic E-state index is 4.91. The molecule has 8 heteroatoms. The van der Waals surface area contributed by atoms with Crippen LogP contribution >= 0.6 is 0 Å². The van der Waals surface area contributed by atoms with Gasteiger partial charge >= 0.3 is 0 Å². The molecule has 4 N–H and O–H groups in total. The van der Waals surface area contributed by atoms with Gasteiger partial charge in [0.1, 0.15) is 0 Å². The van der Waals surface area contributed by atoms with E-state index in [-0.39, 0.29) is 21.7 Å². The number of anilines is 4. The Balaban J connectivity index is 1.31. The van der Waals surface area contributed by atoms with E-state index in [0.29, 0.717) is 35.0 Å². The number of nitrogens with zero attached hydrogens (tertiary/aromatic N) is 4. The first-order valence-electron chi connectivity index (χ1n) is 19.5. The van der Waals surface area contributed by atoms with Gasteiger partial charge in [0, 0.05) is 22.7 Å². The third-order valence-electron chi connectivity index (χ3n) is 9.79. The number of amidine groups is 4. The molecule has 4 aromatic rings. The van der Waals surface area contributed by atoms with Crippen LogP contribution in [-0.4, -0.2) is 23.3 Å². The van der Waals surface area contributed by atoms with Gasteiger partial charge in [-0.15, -0.1) is 0 Å². The third kappa shape index (κ3) is 10.1. The van der Waals surface area contributed by atoms with Gasteiger partial charge in [-0.3, -0.25) is 0 Å². The SMILES string of the molecule is CC(C)(C)c1ccc(NC2=NC(=CC=C3N=C(Nc4ccc(C(C)(C)C)cc4)C(Nc4ccc(C(C)(C)C)cc4)=N3)N=C2Nc2ccc(C(C)(C)C)cc2)cc1. The zero-order chi connectivity index (χ0) is 40.5. The fourth-order valence-electron chi connectivity index (χ4n) is 6.13. The van der Waals surface area contributed by atoms with Gasteiger partial charge in [-0.1, -0.05) is 132 Å². The molecule has 0 amide bonds. The summed E-state index contributed by atoms with van der Waals surface area (Å²) in [6.45, 7) is 26.6. The summed E-state index contributed by atoms with van der Waals surface area (Å²) in [5, 5.41) is 14.0. The molecule has 56 heavy (non-hydrogen) atoms. The predicted molar refractivity (Wildman–Crippen MR) is 241 cm³/mol. The van der Waals surface area contributed by atoms with Gasteiger partial charge in [-0.2, -0.15) is 0 Å². The lowest BCUT2D eigenvalue weighted by atomic mass is 9.87. The molecule has 0 saturated carbocycles. The van der Waals surface area contributed by atoms with Crippen LogP contribution in [0.2, 0.25) is 0 Å². The Morgan fingerprint density at radius 1 is 0.304 bits per heavy atom. The van der Waals surface area contributed by atoms with Gasteiger partial charge in [0.15, 0.2) is 35.0 Å². The van der Waals surface area contributed by atoms with E-state index >= 15 is 0 Å². The number of hydrogen-bond acceptors (Lipinski definition) is 8. The highest BCUT2D eigenvalue weighted by Gasteiger charge is 2.22. The van der Waals surface area contributed by atoms with Crippen LogP contribution in [0.25, 0.3) is 0 Å². The van der Waals surface area contributed by atoms with Crippen LogP contribution in [0.4, 0.5) is 22.7 Å². The van der Waals surface area contributed by atoms with E-state index in [9.17, 15) is 0 Å². The minimum atomic E-state index is 0.0595. The third-order valence-corrected chi connectivity index (χ3v) is 9.79. The van der Waals surface area contributed by atoms with Gasteiger partial charge < -0.3 is 21.3 Å². The number of aliphatic imine (C=N–C) groups is 4. The zero-order valence-electron chi connectivity index (χ0n) is 35.2. The molecule has 0 radical (unpaired) electrons. The molecular formula is C48H58N8. The van der Waals surface area contributed by atoms with Gasteiger partial charge in [0.25, 0.3) is 0 Å². The highest BCUT2D eigenvalue weighted by atomic mass is 15.2. The Morgan fingerprint density at radius 2 is 0.482 bits per heavy atom. The molecule has 290 valence electrons. The van der Waals surface area contributed by atoms with Crippen LogP contribution in [0, 0.1) is 0 Å². The van der Waals surface area contributed by atoms with Crippen molar-refractivity contribution in [1.82, 2.24) is 0 Å². The average molecular weight is 747 g/mol. The number of allylic oxidation sites excluding steroid dienone is 2. The van der Waals surface area contributed by atoms with Gasteiger partial charge in [0.05, 0.1) is 0 Å². The zero-order valence-corrected chi connectivity index (χ0v) is 35.2. The van der Waals surface area contributed by atoms with Crippen molar-refractivity contribution >= 4 is 46.1 Å². The van der Waals surface area contributed by atoms with Crippen molar-refractivity contribution in [3.05, 3.63) is 143 Å². The summed E-state index contributed by atoms with van der Waals surface area (Å²) < 4.78 is 0. The van der Waals surface area contributed by atoms with Crippen molar-refractivity contribution in [3.63, 3.8) is 0 Å². The van der Waals surface area contributed by atoms with Crippen LogP contribution < -0.4 is 21.3 Å². The largest absolute Gasteiger partial charge is 0.337 e. The molecule has 2 aliphatic heterocycles. The second-order valence-corrected chi connectivity index (χ2v) is 18.7. The summed E-state index contributed by atoms with van der Waals surface area (Å²) in [4.78, 5) is 19.6. The molecule has 6 rings (SSSR count). The van der Waals surface area contributed by atoms with Crippen molar-refractivity contribution in [2.75, 3.05) is 21.3 Å². The molecule has 0 atom stereocenters. The van der Waals surface area contributed by atoms with Gasteiger partial charge in [0.2, 0.25) is 0 Å². The Bertz CT molecular complexity index is 1900. The summed E-state index contributed by atoms with van der Waals surface area (Å²) in [6.07, 6.45) is 3.70. The molecule has 8 nitrogen and oxygen atoms in total. The summed E-state index contributed by atoms with van der Waals surface area (Å²) in [5.41, 5.74) is 9.00. The first kappa shape index (κ1) is 39.9. The summed E-state index contributed by atoms with van der Waals surface area (Å²) in [5.74, 6) is 3.54. The molecule has 0 saturated heterocycles. The van der Waals surface area contributed by atoms with Gasteiger partial charge in [-0.05, 0) is 105 Å². The van der Waals surface area contributed by atoms with Crippen molar-refractivity contribution in [3.8, 4) is 0 Å². The molecule has 0 unspecified atom stereocenters. The van der Waals surface area contributed by atoms with E-state index in [2.05, 4.69) is 201 Å². The summed E-state index contributed by atoms with van der Waals surface area (Å²) >= 11 is 0. The normalized spacial score (nSPS) is 14.8. The first-order valence-corrected chi connectivity index (χ1v) is 19.5. The standard InChI is InChI=1S/C48H58N8/c1-45(2,3)31-13-21-35(22-14-31)49-41-42(50-36-23-15-32(16-24-36)46(4,5)6)54-39(53-41)29-30-40-55-43(51-37-25-17-33(18-26-37)47(7,8)9)44(56-40)52-38-27-19-34(20-28-38)48(10,11)12/h13-30H,1-12H3,(H,49,53)(H,50,54)(H,51,55)(H,52,56). The Morgan fingerprint density at radius 3 is 0.643 bits per heavy atom. The summed E-state index contributed by atoms with van der Waals surface area (Å²) in [6, 6.07) is 33.9. The monoisotopic (exact) mass is 746 g/mol. The number of hydrogen-bond donors (Lipinski definition) is 4. The van der Waals surface area contributed by atoms with E-state index < -0.39 is 0 Å². The van der Waals surface area contributed by atoms with E-state index in [0.717, 1.165) is 22.7 Å². The molecule has 0 aliphatic carbocycles. The lowest BCUT2D eigenvalue weighted by molar-refractivity contribution is 0.590. The lowest BCUT2D eigenvalue weighted by Gasteiger charge is -2.20. The molecule has 2 aliphatic rings. The summed E-state index contributed by atoms with van der Waals surface area (Å²) in [7, 11) is 0.